The summed E-state index contributed by atoms with van der Waals surface area (Å²) in [5.41, 5.74) is -1.41. The molecule has 0 spiro atoms. The van der Waals surface area contributed by atoms with Crippen molar-refractivity contribution in [1.29, 1.82) is 0 Å². The van der Waals surface area contributed by atoms with Crippen LogP contribution in [-0.4, -0.2) is 64.5 Å². The number of pyridine rings is 1. The smallest absolute Gasteiger partial charge is 0.419 e. The maximum atomic E-state index is 13.8. The van der Waals surface area contributed by atoms with Gasteiger partial charge in [0.2, 0.25) is 10.0 Å². The first kappa shape index (κ1) is 22.3. The van der Waals surface area contributed by atoms with Crippen molar-refractivity contribution in [1.82, 2.24) is 19.1 Å². The Labute approximate surface area is 180 Å². The largest absolute Gasteiger partial charge is 0.505 e. The molecule has 1 aliphatic rings. The van der Waals surface area contributed by atoms with Crippen LogP contribution < -0.4 is 4.90 Å². The van der Waals surface area contributed by atoms with Gasteiger partial charge in [0.15, 0.2) is 11.6 Å². The van der Waals surface area contributed by atoms with Crippen LogP contribution in [0.1, 0.15) is 12.5 Å². The van der Waals surface area contributed by atoms with Crippen LogP contribution in [0.15, 0.2) is 30.6 Å². The van der Waals surface area contributed by atoms with Gasteiger partial charge >= 0.3 is 6.18 Å². The zero-order valence-electron chi connectivity index (χ0n) is 17.0. The van der Waals surface area contributed by atoms with Gasteiger partial charge in [-0.3, -0.25) is 0 Å². The van der Waals surface area contributed by atoms with Crippen LogP contribution in [0.25, 0.3) is 16.6 Å². The molecule has 0 radical (unpaired) electrons. The number of piperazine rings is 1. The molecule has 1 fully saturated rings. The van der Waals surface area contributed by atoms with E-state index in [1.54, 1.807) is 6.07 Å². The van der Waals surface area contributed by atoms with E-state index in [1.165, 1.54) is 16.7 Å². The Kier molecular flexibility index (Phi) is 5.28. The summed E-state index contributed by atoms with van der Waals surface area (Å²) in [5, 5.41) is 14.3. The molecule has 3 heterocycles. The number of hydrogen-bond acceptors (Lipinski definition) is 6. The normalized spacial score (nSPS) is 18.4. The van der Waals surface area contributed by atoms with E-state index in [9.17, 15) is 31.1 Å². The second-order valence-electron chi connectivity index (χ2n) is 7.65. The Hall–Kier alpha value is -2.93. The molecule has 0 amide bonds. The maximum Gasteiger partial charge on any atom is 0.419 e. The minimum Gasteiger partial charge on any atom is -0.505 e. The highest BCUT2D eigenvalue weighted by Crippen LogP contribution is 2.37. The van der Waals surface area contributed by atoms with Crippen LogP contribution in [0.3, 0.4) is 0 Å². The Balaban J connectivity index is 1.69. The molecule has 8 nitrogen and oxygen atoms in total. The van der Waals surface area contributed by atoms with Gasteiger partial charge in [0.05, 0.1) is 35.4 Å². The average Bonchev–Trinajstić information content (AvgIpc) is 3.11. The first-order valence-corrected chi connectivity index (χ1v) is 11.4. The summed E-state index contributed by atoms with van der Waals surface area (Å²) in [6.45, 7) is 2.89. The SMILES string of the molecule is CC1CN(S(C)(=O)=O)CCN1c1cc2cnn(-c3cc(O)c(F)c(C(F)(F)F)c3)c2cn1. The number of aromatic hydroxyl groups is 1. The minimum atomic E-state index is -4.99. The minimum absolute atomic E-state index is 0.151. The fourth-order valence-electron chi connectivity index (χ4n) is 3.77. The van der Waals surface area contributed by atoms with E-state index in [2.05, 4.69) is 10.1 Å². The van der Waals surface area contributed by atoms with Gasteiger partial charge in [-0.25, -0.2) is 22.5 Å². The van der Waals surface area contributed by atoms with Gasteiger partial charge in [0, 0.05) is 37.1 Å². The van der Waals surface area contributed by atoms with Gasteiger partial charge < -0.3 is 10.0 Å². The number of aromatic nitrogens is 3. The molecule has 4 rings (SSSR count). The monoisotopic (exact) mass is 473 g/mol. The van der Waals surface area contributed by atoms with Crippen molar-refractivity contribution < 1.29 is 31.1 Å². The van der Waals surface area contributed by atoms with Crippen molar-refractivity contribution in [2.75, 3.05) is 30.8 Å². The van der Waals surface area contributed by atoms with Crippen LogP contribution in [0.4, 0.5) is 23.4 Å². The van der Waals surface area contributed by atoms with E-state index in [0.29, 0.717) is 42.4 Å². The number of nitrogens with zero attached hydrogens (tertiary/aromatic N) is 5. The zero-order valence-corrected chi connectivity index (χ0v) is 17.8. The lowest BCUT2D eigenvalue weighted by atomic mass is 10.1. The third kappa shape index (κ3) is 3.97. The summed E-state index contributed by atoms with van der Waals surface area (Å²) in [7, 11) is -3.30. The Morgan fingerprint density at radius 3 is 2.50 bits per heavy atom. The van der Waals surface area contributed by atoms with E-state index in [1.807, 2.05) is 11.8 Å². The number of anilines is 1. The summed E-state index contributed by atoms with van der Waals surface area (Å²) in [6, 6.07) is 2.97. The Bertz CT molecular complexity index is 1290. The van der Waals surface area contributed by atoms with Crippen LogP contribution >= 0.6 is 0 Å². The van der Waals surface area contributed by atoms with Crippen molar-refractivity contribution >= 4 is 26.7 Å². The number of benzene rings is 1. The van der Waals surface area contributed by atoms with E-state index < -0.39 is 33.3 Å². The summed E-state index contributed by atoms with van der Waals surface area (Å²) in [4.78, 5) is 6.31. The van der Waals surface area contributed by atoms with Crippen LogP contribution in [0.5, 0.6) is 5.75 Å². The molecule has 0 bridgehead atoms. The molecule has 3 aromatic rings. The molecule has 1 aliphatic heterocycles. The number of phenols is 1. The van der Waals surface area contributed by atoms with E-state index in [-0.39, 0.29) is 11.7 Å². The third-order valence-corrected chi connectivity index (χ3v) is 6.65. The fraction of sp³-hybridized carbons (Fsp3) is 0.368. The number of fused-ring (bicyclic) bond motifs is 1. The molecule has 1 saturated heterocycles. The Morgan fingerprint density at radius 2 is 1.88 bits per heavy atom. The predicted octanol–water partition coefficient (Wildman–Crippen LogP) is 2.75. The quantitative estimate of drug-likeness (QED) is 0.589. The van der Waals surface area contributed by atoms with Gasteiger partial charge in [-0.1, -0.05) is 0 Å². The lowest BCUT2D eigenvalue weighted by Gasteiger charge is -2.39. The number of hydrogen-bond donors (Lipinski definition) is 1. The number of phenolic OH excluding ortho intramolecular Hbond substituents is 1. The van der Waals surface area contributed by atoms with Crippen LogP contribution in [-0.2, 0) is 16.2 Å². The molecule has 0 saturated carbocycles. The second-order valence-corrected chi connectivity index (χ2v) is 9.63. The highest BCUT2D eigenvalue weighted by molar-refractivity contribution is 7.88. The molecule has 32 heavy (non-hydrogen) atoms. The first-order chi connectivity index (χ1) is 14.9. The lowest BCUT2D eigenvalue weighted by Crippen LogP contribution is -2.53. The lowest BCUT2D eigenvalue weighted by molar-refractivity contribution is -0.140. The van der Waals surface area contributed by atoms with Crippen molar-refractivity contribution in [2.45, 2.75) is 19.1 Å². The number of alkyl halides is 3. The van der Waals surface area contributed by atoms with Gasteiger partial charge in [-0.15, -0.1) is 0 Å². The van der Waals surface area contributed by atoms with Gasteiger partial charge in [0.25, 0.3) is 0 Å². The van der Waals surface area contributed by atoms with Crippen molar-refractivity contribution in [3.05, 3.63) is 42.0 Å². The van der Waals surface area contributed by atoms with Gasteiger partial charge in [0.1, 0.15) is 5.82 Å². The van der Waals surface area contributed by atoms with E-state index in [0.717, 1.165) is 17.0 Å². The molecular weight excluding hydrogens is 454 g/mol. The summed E-state index contributed by atoms with van der Waals surface area (Å²) >= 11 is 0. The zero-order chi connectivity index (χ0) is 23.4. The van der Waals surface area contributed by atoms with Crippen molar-refractivity contribution in [2.24, 2.45) is 0 Å². The van der Waals surface area contributed by atoms with Crippen LogP contribution in [0, 0.1) is 5.82 Å². The van der Waals surface area contributed by atoms with Gasteiger partial charge in [-0.2, -0.15) is 22.6 Å². The molecule has 1 unspecified atom stereocenters. The standard InChI is InChI=1S/C19H19F4N5O3S/c1-11-10-26(32(2,30)31)3-4-27(11)17-5-12-8-25-28(15(12)9-24-17)13-6-14(19(21,22)23)18(20)16(29)7-13/h5-9,11,29H,3-4,10H2,1-2H3. The summed E-state index contributed by atoms with van der Waals surface area (Å²) in [5.74, 6) is -2.32. The predicted molar refractivity (Wildman–Crippen MR) is 109 cm³/mol. The fourth-order valence-corrected chi connectivity index (χ4v) is 4.67. The van der Waals surface area contributed by atoms with Crippen LogP contribution in [0.2, 0.25) is 0 Å². The molecule has 1 N–H and O–H groups in total. The average molecular weight is 473 g/mol. The molecular formula is C19H19F4N5O3S. The molecule has 2 aromatic heterocycles. The van der Waals surface area contributed by atoms with E-state index >= 15 is 0 Å². The number of rotatable bonds is 3. The van der Waals surface area contributed by atoms with E-state index in [4.69, 9.17) is 0 Å². The Morgan fingerprint density at radius 1 is 1.16 bits per heavy atom. The van der Waals surface area contributed by atoms with Gasteiger partial charge in [-0.05, 0) is 19.1 Å². The molecule has 172 valence electrons. The summed E-state index contributed by atoms with van der Waals surface area (Å²) in [6.07, 6.45) is -0.992. The maximum absolute atomic E-state index is 13.8. The van der Waals surface area contributed by atoms with Crippen molar-refractivity contribution in [3.8, 4) is 11.4 Å². The molecule has 0 aliphatic carbocycles. The summed E-state index contributed by atoms with van der Waals surface area (Å²) < 4.78 is 79.2. The third-order valence-electron chi connectivity index (χ3n) is 5.38. The number of halogens is 4. The highest BCUT2D eigenvalue weighted by atomic mass is 32.2. The van der Waals surface area contributed by atoms with Crippen molar-refractivity contribution in [3.63, 3.8) is 0 Å². The first-order valence-electron chi connectivity index (χ1n) is 9.52. The number of sulfonamides is 1. The molecule has 1 atom stereocenters. The highest BCUT2D eigenvalue weighted by Gasteiger charge is 2.36. The topological polar surface area (TPSA) is 91.6 Å². The molecule has 13 heteroatoms. The molecule has 1 aromatic carbocycles. The second kappa shape index (κ2) is 7.59.